The van der Waals surface area contributed by atoms with Crippen molar-refractivity contribution in [3.05, 3.63) is 36.0 Å². The molecule has 1 spiro atoms. The number of nitrogens with zero attached hydrogens (tertiary/aromatic N) is 2. The lowest BCUT2D eigenvalue weighted by Gasteiger charge is -2.39. The molecule has 2 aromatic rings. The number of rotatable bonds is 8. The van der Waals surface area contributed by atoms with Gasteiger partial charge in [0, 0.05) is 43.0 Å². The van der Waals surface area contributed by atoms with Crippen LogP contribution in [0.2, 0.25) is 0 Å². The standard InChI is InChI=1S/C29H35N5O5/c1-33-21-5-3-2-4-17(21)15-22(33)28(39)34-13-11-29(9-10-29)16-23(34)26(37)32-20(14-18-8-12-30-25(18)36)24(35)27(38)31-19-6-7-19/h2-5,15,18-20,23H,6-14,16H2,1H3,(H,30,36)(H,31,38)(H,32,37). The van der Waals surface area contributed by atoms with E-state index in [4.69, 9.17) is 0 Å². The number of carbonyl (C=O) groups is 5. The van der Waals surface area contributed by atoms with Crippen molar-refractivity contribution in [2.24, 2.45) is 18.4 Å². The van der Waals surface area contributed by atoms with E-state index >= 15 is 0 Å². The van der Waals surface area contributed by atoms with E-state index in [1.54, 1.807) is 4.90 Å². The largest absolute Gasteiger partial charge is 0.356 e. The highest BCUT2D eigenvalue weighted by Crippen LogP contribution is 2.55. The number of hydrogen-bond donors (Lipinski definition) is 3. The summed E-state index contributed by atoms with van der Waals surface area (Å²) in [5.41, 5.74) is 1.48. The summed E-state index contributed by atoms with van der Waals surface area (Å²) < 4.78 is 1.85. The molecule has 0 bridgehead atoms. The van der Waals surface area contributed by atoms with Crippen LogP contribution in [0.1, 0.15) is 61.9 Å². The maximum absolute atomic E-state index is 13.9. The summed E-state index contributed by atoms with van der Waals surface area (Å²) in [6.45, 7) is 0.954. The van der Waals surface area contributed by atoms with E-state index in [0.29, 0.717) is 31.6 Å². The Kier molecular flexibility index (Phi) is 6.43. The summed E-state index contributed by atoms with van der Waals surface area (Å²) >= 11 is 0. The third-order valence-electron chi connectivity index (χ3n) is 9.03. The smallest absolute Gasteiger partial charge is 0.289 e. The van der Waals surface area contributed by atoms with Crippen LogP contribution in [0.4, 0.5) is 0 Å². The molecular formula is C29H35N5O5. The van der Waals surface area contributed by atoms with Gasteiger partial charge >= 0.3 is 0 Å². The highest BCUT2D eigenvalue weighted by molar-refractivity contribution is 6.38. The van der Waals surface area contributed by atoms with Crippen LogP contribution < -0.4 is 16.0 Å². The number of aryl methyl sites for hydroxylation is 1. The molecule has 3 N–H and O–H groups in total. The summed E-state index contributed by atoms with van der Waals surface area (Å²) in [7, 11) is 1.84. The van der Waals surface area contributed by atoms with Gasteiger partial charge < -0.3 is 25.4 Å². The number of para-hydroxylation sites is 1. The molecule has 6 rings (SSSR count). The zero-order valence-electron chi connectivity index (χ0n) is 22.2. The quantitative estimate of drug-likeness (QED) is 0.442. The molecule has 39 heavy (non-hydrogen) atoms. The van der Waals surface area contributed by atoms with E-state index in [2.05, 4.69) is 16.0 Å². The number of carbonyl (C=O) groups excluding carboxylic acids is 5. The lowest BCUT2D eigenvalue weighted by atomic mass is 9.86. The van der Waals surface area contributed by atoms with Gasteiger partial charge in [-0.25, -0.2) is 0 Å². The number of nitrogens with one attached hydrogen (secondary N) is 3. The molecule has 4 aliphatic rings. The number of Topliss-reactive ketones (excluding diaryl/α,β-unsaturated/α-hetero) is 1. The van der Waals surface area contributed by atoms with E-state index in [1.807, 2.05) is 41.9 Å². The molecular weight excluding hydrogens is 498 g/mol. The molecule has 3 atom stereocenters. The average Bonchev–Trinajstić information content (AvgIpc) is 3.84. The molecule has 1 aromatic carbocycles. The van der Waals surface area contributed by atoms with Crippen molar-refractivity contribution in [1.82, 2.24) is 25.4 Å². The lowest BCUT2D eigenvalue weighted by Crippen LogP contribution is -2.58. The molecule has 206 valence electrons. The van der Waals surface area contributed by atoms with Crippen LogP contribution in [-0.4, -0.2) is 70.1 Å². The van der Waals surface area contributed by atoms with Crippen molar-refractivity contribution in [1.29, 1.82) is 0 Å². The van der Waals surface area contributed by atoms with Crippen molar-refractivity contribution in [2.45, 2.75) is 69.5 Å². The number of likely N-dealkylation sites (tertiary alicyclic amines) is 1. The van der Waals surface area contributed by atoms with Crippen molar-refractivity contribution in [3.63, 3.8) is 0 Å². The molecule has 1 aromatic heterocycles. The van der Waals surface area contributed by atoms with Crippen LogP contribution in [0, 0.1) is 11.3 Å². The third-order valence-corrected chi connectivity index (χ3v) is 9.03. The van der Waals surface area contributed by atoms with Crippen molar-refractivity contribution >= 4 is 40.3 Å². The minimum Gasteiger partial charge on any atom is -0.356 e. The summed E-state index contributed by atoms with van der Waals surface area (Å²) in [5, 5.41) is 9.23. The molecule has 2 saturated carbocycles. The van der Waals surface area contributed by atoms with E-state index in [0.717, 1.165) is 43.0 Å². The first-order chi connectivity index (χ1) is 18.7. The minimum absolute atomic E-state index is 0.00504. The van der Waals surface area contributed by atoms with E-state index in [-0.39, 0.29) is 29.7 Å². The Morgan fingerprint density at radius 2 is 1.87 bits per heavy atom. The Bertz CT molecular complexity index is 1360. The summed E-state index contributed by atoms with van der Waals surface area (Å²) in [4.78, 5) is 67.5. The van der Waals surface area contributed by atoms with Gasteiger partial charge in [0.15, 0.2) is 0 Å². The fourth-order valence-electron chi connectivity index (χ4n) is 6.18. The number of ketones is 1. The highest BCUT2D eigenvalue weighted by atomic mass is 16.2. The van der Waals surface area contributed by atoms with Crippen LogP contribution in [0.25, 0.3) is 10.9 Å². The molecule has 2 saturated heterocycles. The molecule has 4 fully saturated rings. The van der Waals surface area contributed by atoms with Crippen molar-refractivity contribution in [3.8, 4) is 0 Å². The summed E-state index contributed by atoms with van der Waals surface area (Å²) in [5.74, 6) is -2.77. The molecule has 10 nitrogen and oxygen atoms in total. The molecule has 2 aliphatic carbocycles. The molecule has 4 amide bonds. The van der Waals surface area contributed by atoms with Crippen molar-refractivity contribution < 1.29 is 24.0 Å². The SMILES string of the molecule is Cn1c(C(=O)N2CCC3(CC3)CC2C(=O)NC(CC2CCNC2=O)C(=O)C(=O)NC2CC2)cc2ccccc21. The predicted octanol–water partition coefficient (Wildman–Crippen LogP) is 1.42. The maximum Gasteiger partial charge on any atom is 0.289 e. The van der Waals surface area contributed by atoms with Gasteiger partial charge in [-0.2, -0.15) is 0 Å². The Balaban J connectivity index is 1.24. The van der Waals surface area contributed by atoms with Gasteiger partial charge in [0.25, 0.3) is 11.8 Å². The topological polar surface area (TPSA) is 130 Å². The number of fused-ring (bicyclic) bond motifs is 1. The molecule has 0 radical (unpaired) electrons. The van der Waals surface area contributed by atoms with Crippen molar-refractivity contribution in [2.75, 3.05) is 13.1 Å². The van der Waals surface area contributed by atoms with Gasteiger partial charge in [-0.05, 0) is 68.9 Å². The third kappa shape index (κ3) is 5.04. The molecule has 3 unspecified atom stereocenters. The lowest BCUT2D eigenvalue weighted by molar-refractivity contribution is -0.141. The number of piperidine rings is 1. The summed E-state index contributed by atoms with van der Waals surface area (Å²) in [6.07, 6.45) is 5.65. The molecule has 3 heterocycles. The van der Waals surface area contributed by atoms with Crippen LogP contribution in [0.3, 0.4) is 0 Å². The first kappa shape index (κ1) is 25.6. The second-order valence-corrected chi connectivity index (χ2v) is 11.8. The number of amides is 4. The Morgan fingerprint density at radius 3 is 2.54 bits per heavy atom. The van der Waals surface area contributed by atoms with Gasteiger partial charge in [-0.15, -0.1) is 0 Å². The van der Waals surface area contributed by atoms with Gasteiger partial charge in [0.2, 0.25) is 17.6 Å². The van der Waals surface area contributed by atoms with Crippen LogP contribution in [0.5, 0.6) is 0 Å². The Labute approximate surface area is 226 Å². The van der Waals surface area contributed by atoms with Crippen LogP contribution >= 0.6 is 0 Å². The van der Waals surface area contributed by atoms with E-state index in [1.165, 1.54) is 0 Å². The number of benzene rings is 1. The number of aromatic nitrogens is 1. The predicted molar refractivity (Wildman–Crippen MR) is 142 cm³/mol. The fourth-order valence-corrected chi connectivity index (χ4v) is 6.18. The van der Waals surface area contributed by atoms with Crippen LogP contribution in [-0.2, 0) is 26.2 Å². The molecule has 10 heteroatoms. The van der Waals surface area contributed by atoms with Crippen LogP contribution in [0.15, 0.2) is 30.3 Å². The van der Waals surface area contributed by atoms with Gasteiger partial charge in [0.1, 0.15) is 11.7 Å². The first-order valence-corrected chi connectivity index (χ1v) is 14.0. The average molecular weight is 534 g/mol. The van der Waals surface area contributed by atoms with Gasteiger partial charge in [-0.1, -0.05) is 18.2 Å². The maximum atomic E-state index is 13.9. The fraction of sp³-hybridized carbons (Fsp3) is 0.552. The zero-order valence-corrected chi connectivity index (χ0v) is 22.2. The second-order valence-electron chi connectivity index (χ2n) is 11.8. The summed E-state index contributed by atoms with van der Waals surface area (Å²) in [6, 6.07) is 7.71. The number of hydrogen-bond acceptors (Lipinski definition) is 5. The second kappa shape index (κ2) is 9.81. The normalized spacial score (nSPS) is 24.3. The Morgan fingerprint density at radius 1 is 1.10 bits per heavy atom. The first-order valence-electron chi connectivity index (χ1n) is 14.0. The molecule has 2 aliphatic heterocycles. The zero-order chi connectivity index (χ0) is 27.3. The van der Waals surface area contributed by atoms with Gasteiger partial charge in [0.05, 0.1) is 6.04 Å². The van der Waals surface area contributed by atoms with E-state index < -0.39 is 35.6 Å². The van der Waals surface area contributed by atoms with Gasteiger partial charge in [-0.3, -0.25) is 24.0 Å². The Hall–Kier alpha value is -3.69. The van der Waals surface area contributed by atoms with E-state index in [9.17, 15) is 24.0 Å². The highest BCUT2D eigenvalue weighted by Gasteiger charge is 2.51. The monoisotopic (exact) mass is 533 g/mol. The minimum atomic E-state index is -1.13.